The summed E-state index contributed by atoms with van der Waals surface area (Å²) >= 11 is 0. The molecule has 104 valence electrons. The predicted octanol–water partition coefficient (Wildman–Crippen LogP) is 1.22. The maximum atomic E-state index is 12.4. The van der Waals surface area contributed by atoms with Gasteiger partial charge < -0.3 is 10.6 Å². The Morgan fingerprint density at radius 3 is 2.42 bits per heavy atom. The second-order valence-electron chi connectivity index (χ2n) is 5.91. The lowest BCUT2D eigenvalue weighted by Gasteiger charge is -2.42. The number of carbonyl (C=O) groups excluding carboxylic acids is 1. The molecule has 1 aliphatic rings. The Labute approximate surface area is 114 Å². The van der Waals surface area contributed by atoms with Crippen LogP contribution in [0.15, 0.2) is 18.5 Å². The predicted molar refractivity (Wildman–Crippen MR) is 75.9 cm³/mol. The second kappa shape index (κ2) is 5.17. The minimum absolute atomic E-state index is 0.0147. The first-order chi connectivity index (χ1) is 8.89. The van der Waals surface area contributed by atoms with Gasteiger partial charge >= 0.3 is 0 Å². The molecule has 0 atom stereocenters. The monoisotopic (exact) mass is 262 g/mol. The zero-order valence-corrected chi connectivity index (χ0v) is 11.9. The highest BCUT2D eigenvalue weighted by atomic mass is 16.2. The van der Waals surface area contributed by atoms with Crippen LogP contribution in [-0.2, 0) is 0 Å². The zero-order chi connectivity index (χ0) is 14.0. The molecular formula is C14H22N4O. The van der Waals surface area contributed by atoms with Gasteiger partial charge in [0.2, 0.25) is 0 Å². The molecule has 5 heteroatoms. The lowest BCUT2D eigenvalue weighted by Crippen LogP contribution is -2.54. The molecule has 0 saturated carbocycles. The largest absolute Gasteiger partial charge is 0.398 e. The molecule has 0 bridgehead atoms. The number of nitrogen functional groups attached to an aromatic ring is 1. The smallest absolute Gasteiger partial charge is 0.257 e. The third-order valence-corrected chi connectivity index (χ3v) is 3.60. The average Bonchev–Trinajstić information content (AvgIpc) is 2.38. The molecule has 0 radical (unpaired) electrons. The van der Waals surface area contributed by atoms with Crippen molar-refractivity contribution >= 4 is 11.6 Å². The number of anilines is 1. The van der Waals surface area contributed by atoms with Gasteiger partial charge in [0.1, 0.15) is 0 Å². The van der Waals surface area contributed by atoms with Crippen LogP contribution in [0.3, 0.4) is 0 Å². The van der Waals surface area contributed by atoms with Crippen molar-refractivity contribution in [3.05, 3.63) is 24.0 Å². The third kappa shape index (κ3) is 3.04. The molecule has 1 aromatic heterocycles. The Morgan fingerprint density at radius 2 is 1.89 bits per heavy atom. The lowest BCUT2D eigenvalue weighted by atomic mass is 10.0. The summed E-state index contributed by atoms with van der Waals surface area (Å²) in [4.78, 5) is 20.6. The Balaban J connectivity index is 2.03. The van der Waals surface area contributed by atoms with Gasteiger partial charge in [0.15, 0.2) is 0 Å². The first kappa shape index (κ1) is 13.8. The van der Waals surface area contributed by atoms with Crippen LogP contribution in [0, 0.1) is 0 Å². The molecule has 1 aliphatic heterocycles. The van der Waals surface area contributed by atoms with E-state index in [4.69, 9.17) is 5.73 Å². The van der Waals surface area contributed by atoms with Gasteiger partial charge in [-0.05, 0) is 26.8 Å². The Morgan fingerprint density at radius 1 is 1.26 bits per heavy atom. The van der Waals surface area contributed by atoms with Crippen molar-refractivity contribution in [3.63, 3.8) is 0 Å². The SMILES string of the molecule is CC(C)(C)N1CCN(C(=O)c2cnccc2N)CC1. The molecule has 2 rings (SSSR count). The molecule has 1 fully saturated rings. The molecule has 2 N–H and O–H groups in total. The summed E-state index contributed by atoms with van der Waals surface area (Å²) in [6.07, 6.45) is 3.15. The molecule has 1 aromatic rings. The van der Waals surface area contributed by atoms with Crippen LogP contribution in [0.4, 0.5) is 5.69 Å². The number of nitrogens with zero attached hydrogens (tertiary/aromatic N) is 3. The fraction of sp³-hybridized carbons (Fsp3) is 0.571. The maximum Gasteiger partial charge on any atom is 0.257 e. The Hall–Kier alpha value is -1.62. The first-order valence-electron chi connectivity index (χ1n) is 6.63. The highest BCUT2D eigenvalue weighted by Crippen LogP contribution is 2.18. The van der Waals surface area contributed by atoms with E-state index in [1.54, 1.807) is 18.5 Å². The number of rotatable bonds is 1. The number of hydrogen-bond acceptors (Lipinski definition) is 4. The topological polar surface area (TPSA) is 62.5 Å². The van der Waals surface area contributed by atoms with Gasteiger partial charge in [-0.3, -0.25) is 14.7 Å². The van der Waals surface area contributed by atoms with Crippen LogP contribution < -0.4 is 5.73 Å². The summed E-state index contributed by atoms with van der Waals surface area (Å²) in [5.74, 6) is -0.0147. The van der Waals surface area contributed by atoms with Gasteiger partial charge in [-0.1, -0.05) is 0 Å². The van der Waals surface area contributed by atoms with Crippen molar-refractivity contribution in [2.45, 2.75) is 26.3 Å². The fourth-order valence-electron chi connectivity index (χ4n) is 2.33. The number of carbonyl (C=O) groups is 1. The van der Waals surface area contributed by atoms with Gasteiger partial charge in [0.25, 0.3) is 5.91 Å². The van der Waals surface area contributed by atoms with Crippen molar-refractivity contribution in [1.82, 2.24) is 14.8 Å². The normalized spacial score (nSPS) is 17.5. The minimum Gasteiger partial charge on any atom is -0.398 e. The van der Waals surface area contributed by atoms with E-state index in [0.717, 1.165) is 26.2 Å². The highest BCUT2D eigenvalue weighted by Gasteiger charge is 2.28. The number of amides is 1. The van der Waals surface area contributed by atoms with Gasteiger partial charge in [0.05, 0.1) is 5.56 Å². The van der Waals surface area contributed by atoms with Crippen LogP contribution >= 0.6 is 0 Å². The van der Waals surface area contributed by atoms with Gasteiger partial charge in [-0.2, -0.15) is 0 Å². The summed E-state index contributed by atoms with van der Waals surface area (Å²) in [5.41, 5.74) is 6.99. The third-order valence-electron chi connectivity index (χ3n) is 3.60. The van der Waals surface area contributed by atoms with Crippen molar-refractivity contribution in [1.29, 1.82) is 0 Å². The Kier molecular flexibility index (Phi) is 3.75. The van der Waals surface area contributed by atoms with Crippen molar-refractivity contribution in [2.24, 2.45) is 0 Å². The molecule has 19 heavy (non-hydrogen) atoms. The standard InChI is InChI=1S/C14H22N4O/c1-14(2,3)18-8-6-17(7-9-18)13(19)11-10-16-5-4-12(11)15/h4-5,10H,6-9H2,1-3H3,(H2,15,16). The van der Waals surface area contributed by atoms with Crippen LogP contribution in [0.25, 0.3) is 0 Å². The molecule has 2 heterocycles. The summed E-state index contributed by atoms with van der Waals surface area (Å²) in [6, 6.07) is 1.67. The van der Waals surface area contributed by atoms with E-state index in [1.165, 1.54) is 0 Å². The van der Waals surface area contributed by atoms with Crippen molar-refractivity contribution in [3.8, 4) is 0 Å². The van der Waals surface area contributed by atoms with Crippen LogP contribution in [-0.4, -0.2) is 52.4 Å². The Bertz CT molecular complexity index is 459. The van der Waals surface area contributed by atoms with Gasteiger partial charge in [-0.25, -0.2) is 0 Å². The number of piperazine rings is 1. The molecule has 1 amide bonds. The second-order valence-corrected chi connectivity index (χ2v) is 5.91. The van der Waals surface area contributed by atoms with Gasteiger partial charge in [0, 0.05) is 49.8 Å². The van der Waals surface area contributed by atoms with E-state index >= 15 is 0 Å². The maximum absolute atomic E-state index is 12.4. The zero-order valence-electron chi connectivity index (χ0n) is 11.9. The summed E-state index contributed by atoms with van der Waals surface area (Å²) in [6.45, 7) is 9.87. The molecule has 0 aromatic carbocycles. The molecule has 0 spiro atoms. The lowest BCUT2D eigenvalue weighted by molar-refractivity contribution is 0.0451. The van der Waals surface area contributed by atoms with E-state index in [1.807, 2.05) is 4.90 Å². The molecule has 5 nitrogen and oxygen atoms in total. The summed E-state index contributed by atoms with van der Waals surface area (Å²) < 4.78 is 0. The molecule has 0 aliphatic carbocycles. The van der Waals surface area contributed by atoms with E-state index in [0.29, 0.717) is 11.3 Å². The minimum atomic E-state index is -0.0147. The fourth-order valence-corrected chi connectivity index (χ4v) is 2.33. The van der Waals surface area contributed by atoms with Crippen LogP contribution in [0.2, 0.25) is 0 Å². The van der Waals surface area contributed by atoms with E-state index in [2.05, 4.69) is 30.7 Å². The molecule has 0 unspecified atom stereocenters. The summed E-state index contributed by atoms with van der Waals surface area (Å²) in [5, 5.41) is 0. The number of pyridine rings is 1. The highest BCUT2D eigenvalue weighted by molar-refractivity contribution is 5.98. The molecule has 1 saturated heterocycles. The van der Waals surface area contributed by atoms with E-state index < -0.39 is 0 Å². The average molecular weight is 262 g/mol. The molecular weight excluding hydrogens is 240 g/mol. The first-order valence-corrected chi connectivity index (χ1v) is 6.63. The van der Waals surface area contributed by atoms with Crippen LogP contribution in [0.5, 0.6) is 0 Å². The van der Waals surface area contributed by atoms with E-state index in [9.17, 15) is 4.79 Å². The summed E-state index contributed by atoms with van der Waals surface area (Å²) in [7, 11) is 0. The van der Waals surface area contributed by atoms with Crippen molar-refractivity contribution in [2.75, 3.05) is 31.9 Å². The van der Waals surface area contributed by atoms with Crippen molar-refractivity contribution < 1.29 is 4.79 Å². The van der Waals surface area contributed by atoms with E-state index in [-0.39, 0.29) is 11.4 Å². The quantitative estimate of drug-likeness (QED) is 0.826. The number of nitrogens with two attached hydrogens (primary N) is 1. The van der Waals surface area contributed by atoms with Crippen LogP contribution in [0.1, 0.15) is 31.1 Å². The number of aromatic nitrogens is 1. The number of hydrogen-bond donors (Lipinski definition) is 1. The van der Waals surface area contributed by atoms with Gasteiger partial charge in [-0.15, -0.1) is 0 Å².